The maximum Gasteiger partial charge on any atom is 0.0608 e. The number of nitrogens with zero attached hydrogens (tertiary/aromatic N) is 2. The first kappa shape index (κ1) is 11.8. The van der Waals surface area contributed by atoms with E-state index in [0.717, 1.165) is 12.2 Å². The lowest BCUT2D eigenvalue weighted by Gasteiger charge is -2.16. The van der Waals surface area contributed by atoms with Crippen molar-refractivity contribution in [2.45, 2.75) is 19.5 Å². The van der Waals surface area contributed by atoms with Gasteiger partial charge in [-0.05, 0) is 31.2 Å². The molecule has 1 aromatic carbocycles. The van der Waals surface area contributed by atoms with Crippen LogP contribution in [0.1, 0.15) is 6.92 Å². The van der Waals surface area contributed by atoms with Gasteiger partial charge in [0.1, 0.15) is 0 Å². The highest BCUT2D eigenvalue weighted by Crippen LogP contribution is 2.23. The van der Waals surface area contributed by atoms with Crippen LogP contribution in [0.2, 0.25) is 5.02 Å². The SMILES string of the molecule is CC(Cn1cccn1)Nc1ccc(Cl)cc1N. The summed E-state index contributed by atoms with van der Waals surface area (Å²) in [6.45, 7) is 2.87. The molecule has 0 aliphatic heterocycles. The number of hydrogen-bond donors (Lipinski definition) is 2. The van der Waals surface area contributed by atoms with Crippen LogP contribution in [0.25, 0.3) is 0 Å². The van der Waals surface area contributed by atoms with E-state index < -0.39 is 0 Å². The molecule has 0 spiro atoms. The smallest absolute Gasteiger partial charge is 0.0608 e. The molecule has 1 heterocycles. The maximum absolute atomic E-state index is 5.87. The molecule has 90 valence electrons. The van der Waals surface area contributed by atoms with Crippen molar-refractivity contribution in [2.75, 3.05) is 11.1 Å². The number of hydrogen-bond acceptors (Lipinski definition) is 3. The molecule has 0 saturated carbocycles. The van der Waals surface area contributed by atoms with Crippen molar-refractivity contribution < 1.29 is 0 Å². The first-order valence-corrected chi connectivity index (χ1v) is 5.82. The largest absolute Gasteiger partial charge is 0.397 e. The second-order valence-corrected chi connectivity index (χ2v) is 4.44. The molecular formula is C12H15ClN4. The highest BCUT2D eigenvalue weighted by molar-refractivity contribution is 6.31. The highest BCUT2D eigenvalue weighted by Gasteiger charge is 2.06. The van der Waals surface area contributed by atoms with Crippen LogP contribution in [0.4, 0.5) is 11.4 Å². The third kappa shape index (κ3) is 3.14. The second kappa shape index (κ2) is 5.10. The first-order chi connectivity index (χ1) is 8.15. The Morgan fingerprint density at radius 2 is 2.35 bits per heavy atom. The first-order valence-electron chi connectivity index (χ1n) is 5.44. The van der Waals surface area contributed by atoms with Crippen LogP contribution in [-0.4, -0.2) is 15.8 Å². The fourth-order valence-electron chi connectivity index (χ4n) is 1.67. The zero-order chi connectivity index (χ0) is 12.3. The summed E-state index contributed by atoms with van der Waals surface area (Å²) in [7, 11) is 0. The van der Waals surface area contributed by atoms with Crippen molar-refractivity contribution in [2.24, 2.45) is 0 Å². The molecule has 0 fully saturated rings. The Morgan fingerprint density at radius 1 is 1.53 bits per heavy atom. The monoisotopic (exact) mass is 250 g/mol. The normalized spacial score (nSPS) is 12.4. The van der Waals surface area contributed by atoms with Gasteiger partial charge in [-0.3, -0.25) is 4.68 Å². The van der Waals surface area contributed by atoms with Crippen LogP contribution >= 0.6 is 11.6 Å². The lowest BCUT2D eigenvalue weighted by molar-refractivity contribution is 0.561. The summed E-state index contributed by atoms with van der Waals surface area (Å²) in [4.78, 5) is 0. The molecule has 0 aliphatic rings. The summed E-state index contributed by atoms with van der Waals surface area (Å²) in [6.07, 6.45) is 3.70. The topological polar surface area (TPSA) is 55.9 Å². The number of benzene rings is 1. The number of aromatic nitrogens is 2. The van der Waals surface area contributed by atoms with Gasteiger partial charge in [-0.2, -0.15) is 5.10 Å². The van der Waals surface area contributed by atoms with E-state index in [2.05, 4.69) is 17.3 Å². The molecule has 1 unspecified atom stereocenters. The molecule has 1 aromatic heterocycles. The molecular weight excluding hydrogens is 236 g/mol. The minimum atomic E-state index is 0.235. The predicted octanol–water partition coefficient (Wildman–Crippen LogP) is 2.62. The third-order valence-electron chi connectivity index (χ3n) is 2.44. The Hall–Kier alpha value is -1.68. The zero-order valence-electron chi connectivity index (χ0n) is 9.60. The van der Waals surface area contributed by atoms with E-state index in [-0.39, 0.29) is 6.04 Å². The van der Waals surface area contributed by atoms with Gasteiger partial charge in [-0.25, -0.2) is 0 Å². The van der Waals surface area contributed by atoms with Gasteiger partial charge in [0.05, 0.1) is 17.9 Å². The number of nitrogens with two attached hydrogens (primary N) is 1. The van der Waals surface area contributed by atoms with Gasteiger partial charge in [-0.15, -0.1) is 0 Å². The summed E-state index contributed by atoms with van der Waals surface area (Å²) < 4.78 is 1.88. The van der Waals surface area contributed by atoms with Crippen LogP contribution in [-0.2, 0) is 6.54 Å². The van der Waals surface area contributed by atoms with Gasteiger partial charge < -0.3 is 11.1 Å². The molecule has 0 bridgehead atoms. The predicted molar refractivity (Wildman–Crippen MR) is 71.2 cm³/mol. The minimum absolute atomic E-state index is 0.235. The number of halogens is 1. The van der Waals surface area contributed by atoms with Crippen molar-refractivity contribution in [1.29, 1.82) is 0 Å². The highest BCUT2D eigenvalue weighted by atomic mass is 35.5. The molecule has 0 radical (unpaired) electrons. The van der Waals surface area contributed by atoms with Gasteiger partial charge in [0.15, 0.2) is 0 Å². The lowest BCUT2D eigenvalue weighted by Crippen LogP contribution is -2.22. The molecule has 0 amide bonds. The van der Waals surface area contributed by atoms with Gasteiger partial charge in [0.25, 0.3) is 0 Å². The molecule has 2 rings (SSSR count). The molecule has 0 saturated heterocycles. The minimum Gasteiger partial charge on any atom is -0.397 e. The van der Waals surface area contributed by atoms with Gasteiger partial charge in [-0.1, -0.05) is 11.6 Å². The molecule has 4 nitrogen and oxygen atoms in total. The quantitative estimate of drug-likeness (QED) is 0.821. The Bertz CT molecular complexity index is 481. The third-order valence-corrected chi connectivity index (χ3v) is 2.67. The number of nitrogen functional groups attached to an aromatic ring is 1. The van der Waals surface area contributed by atoms with Crippen molar-refractivity contribution in [3.63, 3.8) is 0 Å². The molecule has 5 heteroatoms. The number of rotatable bonds is 4. The second-order valence-electron chi connectivity index (χ2n) is 4.01. The Morgan fingerprint density at radius 3 is 3.00 bits per heavy atom. The summed E-state index contributed by atoms with van der Waals surface area (Å²) >= 11 is 5.85. The fraction of sp³-hybridized carbons (Fsp3) is 0.250. The van der Waals surface area contributed by atoms with E-state index in [4.69, 9.17) is 17.3 Å². The summed E-state index contributed by atoms with van der Waals surface area (Å²) in [5.41, 5.74) is 7.43. The van der Waals surface area contributed by atoms with Crippen LogP contribution in [0.15, 0.2) is 36.7 Å². The Kier molecular flexibility index (Phi) is 3.54. The van der Waals surface area contributed by atoms with Gasteiger partial charge >= 0.3 is 0 Å². The Labute approximate surface area is 105 Å². The maximum atomic E-state index is 5.87. The van der Waals surface area contributed by atoms with E-state index in [1.807, 2.05) is 29.1 Å². The van der Waals surface area contributed by atoms with Gasteiger partial charge in [0, 0.05) is 23.5 Å². The summed E-state index contributed by atoms with van der Waals surface area (Å²) in [5.74, 6) is 0. The van der Waals surface area contributed by atoms with E-state index in [1.165, 1.54) is 0 Å². The van der Waals surface area contributed by atoms with Crippen LogP contribution in [0, 0.1) is 0 Å². The fourth-order valence-corrected chi connectivity index (χ4v) is 1.85. The van der Waals surface area contributed by atoms with Crippen molar-refractivity contribution in [3.8, 4) is 0 Å². The number of anilines is 2. The van der Waals surface area contributed by atoms with Crippen LogP contribution < -0.4 is 11.1 Å². The molecule has 17 heavy (non-hydrogen) atoms. The van der Waals surface area contributed by atoms with E-state index >= 15 is 0 Å². The molecule has 3 N–H and O–H groups in total. The Balaban J connectivity index is 2.00. The van der Waals surface area contributed by atoms with E-state index in [0.29, 0.717) is 10.7 Å². The summed E-state index contributed by atoms with van der Waals surface area (Å²) in [5, 5.41) is 8.14. The van der Waals surface area contributed by atoms with Crippen molar-refractivity contribution in [3.05, 3.63) is 41.7 Å². The van der Waals surface area contributed by atoms with E-state index in [1.54, 1.807) is 12.3 Å². The average molecular weight is 251 g/mol. The zero-order valence-corrected chi connectivity index (χ0v) is 10.4. The van der Waals surface area contributed by atoms with E-state index in [9.17, 15) is 0 Å². The standard InChI is InChI=1S/C12H15ClN4/c1-9(8-17-6-2-5-15-17)16-12-4-3-10(13)7-11(12)14/h2-7,9,16H,8,14H2,1H3. The number of nitrogens with one attached hydrogen (secondary N) is 1. The average Bonchev–Trinajstić information content (AvgIpc) is 2.75. The van der Waals surface area contributed by atoms with Crippen molar-refractivity contribution in [1.82, 2.24) is 9.78 Å². The molecule has 1 atom stereocenters. The lowest BCUT2D eigenvalue weighted by atomic mass is 10.2. The summed E-state index contributed by atoms with van der Waals surface area (Å²) in [6, 6.07) is 7.59. The molecule has 2 aromatic rings. The van der Waals surface area contributed by atoms with Gasteiger partial charge in [0.2, 0.25) is 0 Å². The molecule has 0 aliphatic carbocycles. The van der Waals surface area contributed by atoms with Crippen LogP contribution in [0.5, 0.6) is 0 Å². The van der Waals surface area contributed by atoms with Crippen molar-refractivity contribution >= 4 is 23.0 Å². The van der Waals surface area contributed by atoms with Crippen LogP contribution in [0.3, 0.4) is 0 Å².